The molecule has 0 aliphatic carbocycles. The molecule has 2 aromatic rings. The van der Waals surface area contributed by atoms with E-state index in [1.807, 2.05) is 30.3 Å². The number of rotatable bonds is 6. The molecule has 3 rings (SSSR count). The Morgan fingerprint density at radius 3 is 2.52 bits per heavy atom. The number of phenols is 1. The molecule has 1 saturated heterocycles. The Hall–Kier alpha value is -2.58. The Balaban J connectivity index is 1.71. The van der Waals surface area contributed by atoms with Crippen molar-refractivity contribution in [1.29, 1.82) is 0 Å². The molecular weight excluding hydrogens is 418 g/mol. The largest absolute Gasteiger partial charge is 0.507 e. The van der Waals surface area contributed by atoms with Gasteiger partial charge in [-0.05, 0) is 30.2 Å². The number of nitrogens with zero attached hydrogens (tertiary/aromatic N) is 1. The molecule has 0 unspecified atom stereocenters. The Morgan fingerprint density at radius 1 is 1.17 bits per heavy atom. The smallest absolute Gasteiger partial charge is 0.342 e. The molecule has 1 fully saturated rings. The zero-order chi connectivity index (χ0) is 21.0. The van der Waals surface area contributed by atoms with Crippen molar-refractivity contribution in [2.24, 2.45) is 0 Å². The van der Waals surface area contributed by atoms with Crippen LogP contribution in [-0.4, -0.2) is 54.5 Å². The number of hydrogen-bond acceptors (Lipinski definition) is 6. The van der Waals surface area contributed by atoms with E-state index < -0.39 is 34.4 Å². The molecule has 1 heterocycles. The number of hydrogen-bond donors (Lipinski definition) is 1. The average molecular weight is 438 g/mol. The highest BCUT2D eigenvalue weighted by molar-refractivity contribution is 7.91. The van der Waals surface area contributed by atoms with Gasteiger partial charge in [-0.3, -0.25) is 4.79 Å². The van der Waals surface area contributed by atoms with Gasteiger partial charge in [0.1, 0.15) is 11.3 Å². The van der Waals surface area contributed by atoms with Crippen LogP contribution < -0.4 is 0 Å². The van der Waals surface area contributed by atoms with E-state index in [0.29, 0.717) is 6.42 Å². The van der Waals surface area contributed by atoms with E-state index in [4.69, 9.17) is 16.3 Å². The van der Waals surface area contributed by atoms with E-state index in [0.717, 1.165) is 5.56 Å². The molecule has 0 spiro atoms. The van der Waals surface area contributed by atoms with Crippen LogP contribution in [0.3, 0.4) is 0 Å². The second-order valence-electron chi connectivity index (χ2n) is 6.80. The number of halogens is 1. The van der Waals surface area contributed by atoms with Crippen LogP contribution in [0.1, 0.15) is 22.3 Å². The number of carbonyl (C=O) groups is 2. The number of carbonyl (C=O) groups excluding carboxylic acids is 2. The van der Waals surface area contributed by atoms with Crippen molar-refractivity contribution >= 4 is 33.3 Å². The third-order valence-corrected chi connectivity index (χ3v) is 6.66. The lowest BCUT2D eigenvalue weighted by Crippen LogP contribution is -2.42. The molecule has 0 aromatic heterocycles. The fourth-order valence-corrected chi connectivity index (χ4v) is 5.08. The fraction of sp³-hybridized carbons (Fsp3) is 0.300. The number of esters is 1. The van der Waals surface area contributed by atoms with Gasteiger partial charge in [0, 0.05) is 17.6 Å². The molecular formula is C20H20ClNO6S. The van der Waals surface area contributed by atoms with Gasteiger partial charge in [-0.1, -0.05) is 41.9 Å². The first kappa shape index (κ1) is 21.1. The van der Waals surface area contributed by atoms with Crippen LogP contribution in [0, 0.1) is 0 Å². The SMILES string of the molecule is O=C(OCC(=O)N(Cc1ccccc1)[C@@H]1CCS(=O)(=O)C1)c1ccc(Cl)cc1O. The molecule has 1 aliphatic heterocycles. The normalized spacial score (nSPS) is 17.6. The van der Waals surface area contributed by atoms with Gasteiger partial charge in [0.15, 0.2) is 16.4 Å². The maximum absolute atomic E-state index is 12.8. The van der Waals surface area contributed by atoms with E-state index in [2.05, 4.69) is 0 Å². The number of benzene rings is 2. The second-order valence-corrected chi connectivity index (χ2v) is 9.47. The summed E-state index contributed by atoms with van der Waals surface area (Å²) in [5, 5.41) is 10.1. The molecule has 9 heteroatoms. The Bertz CT molecular complexity index is 1010. The van der Waals surface area contributed by atoms with Crippen molar-refractivity contribution in [2.75, 3.05) is 18.1 Å². The monoisotopic (exact) mass is 437 g/mol. The Kier molecular flexibility index (Phi) is 6.44. The lowest BCUT2D eigenvalue weighted by atomic mass is 10.1. The summed E-state index contributed by atoms with van der Waals surface area (Å²) < 4.78 is 28.8. The van der Waals surface area contributed by atoms with E-state index in [1.165, 1.54) is 23.1 Å². The van der Waals surface area contributed by atoms with Gasteiger partial charge in [0.05, 0.1) is 11.5 Å². The third kappa shape index (κ3) is 5.48. The lowest BCUT2D eigenvalue weighted by Gasteiger charge is -2.28. The lowest BCUT2D eigenvalue weighted by molar-refractivity contribution is -0.137. The zero-order valence-corrected chi connectivity index (χ0v) is 17.0. The van der Waals surface area contributed by atoms with Crippen LogP contribution in [0.5, 0.6) is 5.75 Å². The van der Waals surface area contributed by atoms with Crippen LogP contribution in [0.2, 0.25) is 5.02 Å². The third-order valence-electron chi connectivity index (χ3n) is 4.67. The van der Waals surface area contributed by atoms with Gasteiger partial charge in [0.25, 0.3) is 5.91 Å². The minimum Gasteiger partial charge on any atom is -0.507 e. The molecule has 1 amide bonds. The summed E-state index contributed by atoms with van der Waals surface area (Å²) in [5.74, 6) is -1.81. The predicted octanol–water partition coefficient (Wildman–Crippen LogP) is 2.42. The van der Waals surface area contributed by atoms with Crippen molar-refractivity contribution in [3.05, 3.63) is 64.7 Å². The first-order chi connectivity index (χ1) is 13.7. The van der Waals surface area contributed by atoms with Crippen LogP contribution in [0.4, 0.5) is 0 Å². The first-order valence-electron chi connectivity index (χ1n) is 8.94. The highest BCUT2D eigenvalue weighted by Crippen LogP contribution is 2.23. The number of ether oxygens (including phenoxy) is 1. The maximum Gasteiger partial charge on any atom is 0.342 e. The molecule has 154 valence electrons. The standard InChI is InChI=1S/C20H20ClNO6S/c21-15-6-7-17(18(23)10-15)20(25)28-12-19(24)22(11-14-4-2-1-3-5-14)16-8-9-29(26,27)13-16/h1-7,10,16,23H,8-9,11-13H2/t16-/m1/s1. The number of amides is 1. The van der Waals surface area contributed by atoms with Crippen LogP contribution in [0.15, 0.2) is 48.5 Å². The molecule has 0 radical (unpaired) electrons. The highest BCUT2D eigenvalue weighted by Gasteiger charge is 2.35. The summed E-state index contributed by atoms with van der Waals surface area (Å²) in [4.78, 5) is 26.4. The summed E-state index contributed by atoms with van der Waals surface area (Å²) in [5.41, 5.74) is 0.729. The second kappa shape index (κ2) is 8.84. The van der Waals surface area contributed by atoms with Gasteiger partial charge in [-0.25, -0.2) is 13.2 Å². The molecule has 0 bridgehead atoms. The van der Waals surface area contributed by atoms with Crippen molar-refractivity contribution in [1.82, 2.24) is 4.90 Å². The Morgan fingerprint density at radius 2 is 1.90 bits per heavy atom. The summed E-state index contributed by atoms with van der Waals surface area (Å²) in [6, 6.07) is 12.6. The number of sulfone groups is 1. The zero-order valence-electron chi connectivity index (χ0n) is 15.5. The van der Waals surface area contributed by atoms with Crippen LogP contribution in [-0.2, 0) is 25.9 Å². The average Bonchev–Trinajstić information content (AvgIpc) is 3.04. The molecule has 1 atom stereocenters. The van der Waals surface area contributed by atoms with Gasteiger partial charge in [0.2, 0.25) is 0 Å². The van der Waals surface area contributed by atoms with E-state index >= 15 is 0 Å². The van der Waals surface area contributed by atoms with Gasteiger partial charge >= 0.3 is 5.97 Å². The molecule has 1 aliphatic rings. The predicted molar refractivity (Wildman–Crippen MR) is 107 cm³/mol. The molecule has 0 saturated carbocycles. The number of aromatic hydroxyl groups is 1. The van der Waals surface area contributed by atoms with Crippen LogP contribution in [0.25, 0.3) is 0 Å². The van der Waals surface area contributed by atoms with E-state index in [1.54, 1.807) is 0 Å². The molecule has 29 heavy (non-hydrogen) atoms. The van der Waals surface area contributed by atoms with Crippen molar-refractivity contribution in [2.45, 2.75) is 19.0 Å². The van der Waals surface area contributed by atoms with E-state index in [-0.39, 0.29) is 34.4 Å². The van der Waals surface area contributed by atoms with Gasteiger partial charge in [-0.15, -0.1) is 0 Å². The Labute approximate surface area is 173 Å². The van der Waals surface area contributed by atoms with Crippen molar-refractivity contribution in [3.8, 4) is 5.75 Å². The van der Waals surface area contributed by atoms with Gasteiger partial charge in [-0.2, -0.15) is 0 Å². The van der Waals surface area contributed by atoms with Crippen LogP contribution >= 0.6 is 11.6 Å². The minimum absolute atomic E-state index is 0.0225. The first-order valence-corrected chi connectivity index (χ1v) is 11.1. The molecule has 2 aromatic carbocycles. The number of phenolic OH excluding ortho intramolecular Hbond substituents is 1. The van der Waals surface area contributed by atoms with Gasteiger partial charge < -0.3 is 14.7 Å². The minimum atomic E-state index is -3.20. The van der Waals surface area contributed by atoms with E-state index in [9.17, 15) is 23.1 Å². The van der Waals surface area contributed by atoms with Crippen molar-refractivity contribution < 1.29 is 27.9 Å². The maximum atomic E-state index is 12.8. The quantitative estimate of drug-likeness (QED) is 0.696. The van der Waals surface area contributed by atoms with Crippen molar-refractivity contribution in [3.63, 3.8) is 0 Å². The molecule has 7 nitrogen and oxygen atoms in total. The highest BCUT2D eigenvalue weighted by atomic mass is 35.5. The fourth-order valence-electron chi connectivity index (χ4n) is 3.19. The topological polar surface area (TPSA) is 101 Å². The molecule has 1 N–H and O–H groups in total. The summed E-state index contributed by atoms with van der Waals surface area (Å²) in [6.07, 6.45) is 0.340. The summed E-state index contributed by atoms with van der Waals surface area (Å²) >= 11 is 5.74. The summed E-state index contributed by atoms with van der Waals surface area (Å²) in [6.45, 7) is -0.353. The summed E-state index contributed by atoms with van der Waals surface area (Å²) in [7, 11) is -3.20.